The van der Waals surface area contributed by atoms with E-state index in [1.165, 1.54) is 62.3 Å². The molecular formula is C28H36N2O3S. The molecule has 4 rings (SSSR count). The first-order valence-electron chi connectivity index (χ1n) is 12.6. The van der Waals surface area contributed by atoms with Gasteiger partial charge in [-0.3, -0.25) is 10.1 Å². The van der Waals surface area contributed by atoms with Gasteiger partial charge in [-0.1, -0.05) is 56.7 Å². The minimum atomic E-state index is -0.660. The molecule has 1 atom stereocenters. The Labute approximate surface area is 208 Å². The van der Waals surface area contributed by atoms with E-state index in [1.807, 2.05) is 6.08 Å². The summed E-state index contributed by atoms with van der Waals surface area (Å²) in [6, 6.07) is 13.4. The molecule has 6 heteroatoms. The average molecular weight is 481 g/mol. The summed E-state index contributed by atoms with van der Waals surface area (Å²) in [4.78, 5) is 13.3. The van der Waals surface area contributed by atoms with Gasteiger partial charge >= 0.3 is 0 Å². The van der Waals surface area contributed by atoms with Gasteiger partial charge in [0.05, 0.1) is 10.3 Å². The molecule has 2 aliphatic heterocycles. The van der Waals surface area contributed by atoms with Gasteiger partial charge in [0.1, 0.15) is 5.75 Å². The van der Waals surface area contributed by atoms with Crippen LogP contribution in [0.25, 0.3) is 6.08 Å². The average Bonchev–Trinajstić information content (AvgIpc) is 3.01. The maximum absolute atomic E-state index is 11.2. The highest BCUT2D eigenvalue weighted by atomic mass is 32.1. The van der Waals surface area contributed by atoms with Gasteiger partial charge in [-0.15, -0.1) is 0 Å². The first-order chi connectivity index (χ1) is 16.4. The van der Waals surface area contributed by atoms with Crippen molar-refractivity contribution in [2.45, 2.75) is 76.4 Å². The number of para-hydroxylation sites is 1. The number of ether oxygens (including phenoxy) is 1. The van der Waals surface area contributed by atoms with Crippen LogP contribution < -0.4 is 9.64 Å². The maximum Gasteiger partial charge on any atom is 0.270 e. The molecule has 0 N–H and O–H groups in total. The Kier molecular flexibility index (Phi) is 7.56. The Balaban J connectivity index is 1.50. The van der Waals surface area contributed by atoms with Gasteiger partial charge in [-0.05, 0) is 62.3 Å². The summed E-state index contributed by atoms with van der Waals surface area (Å²) in [5.41, 5.74) is 2.38. The molecule has 0 aromatic heterocycles. The summed E-state index contributed by atoms with van der Waals surface area (Å²) in [7, 11) is 0. The van der Waals surface area contributed by atoms with E-state index in [-0.39, 0.29) is 16.0 Å². The zero-order valence-electron chi connectivity index (χ0n) is 20.3. The number of unbranched alkanes of at least 4 members (excludes halogenated alkanes) is 7. The normalized spacial score (nSPS) is 19.7. The minimum Gasteiger partial charge on any atom is -0.463 e. The lowest BCUT2D eigenvalue weighted by Crippen LogP contribution is -2.59. The van der Waals surface area contributed by atoms with Crippen molar-refractivity contribution in [1.82, 2.24) is 0 Å². The summed E-state index contributed by atoms with van der Waals surface area (Å²) >= 11 is 4.29. The highest BCUT2D eigenvalue weighted by molar-refractivity contribution is 7.80. The van der Waals surface area contributed by atoms with Crippen LogP contribution >= 0.6 is 12.6 Å². The van der Waals surface area contributed by atoms with Crippen LogP contribution in [0, 0.1) is 10.1 Å². The molecule has 0 amide bonds. The van der Waals surface area contributed by atoms with Gasteiger partial charge in [0.2, 0.25) is 5.72 Å². The number of hydrogen-bond donors (Lipinski definition) is 1. The summed E-state index contributed by atoms with van der Waals surface area (Å²) in [6.45, 7) is 5.38. The third kappa shape index (κ3) is 4.57. The monoisotopic (exact) mass is 480 g/mol. The molecule has 2 aromatic rings. The number of nitrogens with zero attached hydrogens (tertiary/aromatic N) is 2. The van der Waals surface area contributed by atoms with Crippen LogP contribution in [0.15, 0.2) is 48.5 Å². The molecule has 1 spiro atoms. The number of thiol groups is 1. The first-order valence-corrected chi connectivity index (χ1v) is 13.2. The van der Waals surface area contributed by atoms with Crippen molar-refractivity contribution in [3.8, 4) is 5.75 Å². The van der Waals surface area contributed by atoms with Gasteiger partial charge in [0.15, 0.2) is 0 Å². The lowest BCUT2D eigenvalue weighted by atomic mass is 9.76. The van der Waals surface area contributed by atoms with Crippen molar-refractivity contribution in [3.05, 3.63) is 69.8 Å². The Morgan fingerprint density at radius 2 is 1.65 bits per heavy atom. The van der Waals surface area contributed by atoms with Crippen molar-refractivity contribution < 1.29 is 9.66 Å². The smallest absolute Gasteiger partial charge is 0.270 e. The fourth-order valence-electron chi connectivity index (χ4n) is 5.43. The third-order valence-corrected chi connectivity index (χ3v) is 7.73. The SMILES string of the molecule is CC1(C)c2ccccc2N(CCCCCCCCCCS)C12C=Cc1cc([N+](=O)[O-])ccc1O2. The van der Waals surface area contributed by atoms with Gasteiger partial charge in [-0.25, -0.2) is 0 Å². The molecule has 0 radical (unpaired) electrons. The fraction of sp³-hybridized carbons (Fsp3) is 0.500. The number of nitro groups is 1. The van der Waals surface area contributed by atoms with Gasteiger partial charge in [0, 0.05) is 29.9 Å². The second kappa shape index (κ2) is 10.4. The number of anilines is 1. The second-order valence-electron chi connectivity index (χ2n) is 9.96. The summed E-state index contributed by atoms with van der Waals surface area (Å²) in [6.07, 6.45) is 14.1. The van der Waals surface area contributed by atoms with Crippen LogP contribution in [-0.2, 0) is 5.41 Å². The Morgan fingerprint density at radius 3 is 2.35 bits per heavy atom. The second-order valence-corrected chi connectivity index (χ2v) is 10.4. The van der Waals surface area contributed by atoms with Gasteiger partial charge < -0.3 is 9.64 Å². The van der Waals surface area contributed by atoms with Crippen LogP contribution in [0.2, 0.25) is 0 Å². The number of fused-ring (bicyclic) bond motifs is 2. The molecule has 0 bridgehead atoms. The fourth-order valence-corrected chi connectivity index (χ4v) is 5.66. The van der Waals surface area contributed by atoms with Crippen LogP contribution in [0.3, 0.4) is 0 Å². The van der Waals surface area contributed by atoms with Gasteiger partial charge in [0.25, 0.3) is 5.69 Å². The number of hydrogen-bond acceptors (Lipinski definition) is 5. The predicted molar refractivity (Wildman–Crippen MR) is 143 cm³/mol. The quantitative estimate of drug-likeness (QED) is 0.156. The van der Waals surface area contributed by atoms with E-state index >= 15 is 0 Å². The lowest BCUT2D eigenvalue weighted by Gasteiger charge is -2.47. The molecule has 5 nitrogen and oxygen atoms in total. The Bertz CT molecular complexity index is 1050. The van der Waals surface area contributed by atoms with E-state index in [1.54, 1.807) is 12.1 Å². The zero-order valence-corrected chi connectivity index (χ0v) is 21.2. The highest BCUT2D eigenvalue weighted by Gasteiger charge is 2.58. The molecule has 0 saturated heterocycles. The van der Waals surface area contributed by atoms with E-state index in [0.29, 0.717) is 5.75 Å². The van der Waals surface area contributed by atoms with E-state index in [4.69, 9.17) is 4.74 Å². The topological polar surface area (TPSA) is 55.6 Å². The molecule has 2 aromatic carbocycles. The molecule has 1 unspecified atom stereocenters. The molecule has 2 heterocycles. The van der Waals surface area contributed by atoms with Crippen LogP contribution in [0.5, 0.6) is 5.75 Å². The Hall–Kier alpha value is -2.47. The number of nitro benzene ring substituents is 1. The maximum atomic E-state index is 11.2. The number of non-ortho nitro benzene ring substituents is 1. The summed E-state index contributed by atoms with van der Waals surface area (Å²) in [5.74, 6) is 1.69. The lowest BCUT2D eigenvalue weighted by molar-refractivity contribution is -0.384. The van der Waals surface area contributed by atoms with E-state index in [0.717, 1.165) is 24.3 Å². The molecular weight excluding hydrogens is 444 g/mol. The zero-order chi connectivity index (χ0) is 24.2. The van der Waals surface area contributed by atoms with Crippen molar-refractivity contribution in [1.29, 1.82) is 0 Å². The molecule has 0 aliphatic carbocycles. The van der Waals surface area contributed by atoms with E-state index < -0.39 is 5.72 Å². The largest absolute Gasteiger partial charge is 0.463 e. The molecule has 182 valence electrons. The van der Waals surface area contributed by atoms with Crippen molar-refractivity contribution in [3.63, 3.8) is 0 Å². The molecule has 2 aliphatic rings. The van der Waals surface area contributed by atoms with Crippen LogP contribution in [0.1, 0.15) is 76.3 Å². The summed E-state index contributed by atoms with van der Waals surface area (Å²) < 4.78 is 6.77. The van der Waals surface area contributed by atoms with E-state index in [9.17, 15) is 10.1 Å². The van der Waals surface area contributed by atoms with E-state index in [2.05, 4.69) is 61.7 Å². The first kappa shape index (κ1) is 24.6. The molecule has 0 fully saturated rings. The molecule has 0 saturated carbocycles. The van der Waals surface area contributed by atoms with Crippen LogP contribution in [0.4, 0.5) is 11.4 Å². The minimum absolute atomic E-state index is 0.0828. The van der Waals surface area contributed by atoms with Crippen molar-refractivity contribution in [2.24, 2.45) is 0 Å². The third-order valence-electron chi connectivity index (χ3n) is 7.41. The highest BCUT2D eigenvalue weighted by Crippen LogP contribution is 2.55. The standard InChI is InChI=1S/C28H36N2O3S/c1-27(2)24-13-9-10-14-25(24)29(19-11-7-5-3-4-6-8-12-20-34)28(27)18-17-22-21-23(30(31)32)15-16-26(22)33-28/h9-10,13-18,21,34H,3-8,11-12,19-20H2,1-2H3. The molecule has 34 heavy (non-hydrogen) atoms. The number of benzene rings is 2. The van der Waals surface area contributed by atoms with Crippen molar-refractivity contribution >= 4 is 30.1 Å². The van der Waals surface area contributed by atoms with Crippen LogP contribution in [-0.4, -0.2) is 22.9 Å². The predicted octanol–water partition coefficient (Wildman–Crippen LogP) is 7.55. The van der Waals surface area contributed by atoms with Crippen molar-refractivity contribution in [2.75, 3.05) is 17.2 Å². The van der Waals surface area contributed by atoms with Gasteiger partial charge in [-0.2, -0.15) is 12.6 Å². The summed E-state index contributed by atoms with van der Waals surface area (Å²) in [5, 5.41) is 11.2. The number of rotatable bonds is 11. The Morgan fingerprint density at radius 1 is 0.971 bits per heavy atom.